The highest BCUT2D eigenvalue weighted by Crippen LogP contribution is 2.38. The fraction of sp³-hybridized carbons (Fsp3) is 0.207. The van der Waals surface area contributed by atoms with Crippen molar-refractivity contribution in [2.24, 2.45) is 0 Å². The molecule has 3 aromatic carbocycles. The first-order chi connectivity index (χ1) is 17.9. The van der Waals surface area contributed by atoms with Crippen molar-refractivity contribution in [1.29, 1.82) is 0 Å². The van der Waals surface area contributed by atoms with Crippen molar-refractivity contribution in [2.45, 2.75) is 33.4 Å². The molecule has 37 heavy (non-hydrogen) atoms. The summed E-state index contributed by atoms with van der Waals surface area (Å²) in [5, 5.41) is 7.20. The smallest absolute Gasteiger partial charge is 0.322 e. The lowest BCUT2D eigenvalue weighted by Gasteiger charge is -2.35. The molecule has 0 saturated carbocycles. The van der Waals surface area contributed by atoms with Gasteiger partial charge in [-0.05, 0) is 56.2 Å². The van der Waals surface area contributed by atoms with Crippen LogP contribution in [-0.2, 0) is 6.54 Å². The molecule has 1 N–H and O–H groups in total. The first-order valence-electron chi connectivity index (χ1n) is 12.1. The second-order valence-electron chi connectivity index (χ2n) is 8.89. The maximum Gasteiger partial charge on any atom is 0.322 e. The number of nitrogens with one attached hydrogen (secondary N) is 1. The summed E-state index contributed by atoms with van der Waals surface area (Å²) in [4.78, 5) is 19.6. The number of hydrogen-bond acceptors (Lipinski definition) is 5. The number of urea groups is 1. The van der Waals surface area contributed by atoms with Crippen LogP contribution in [0, 0.1) is 12.7 Å². The molecule has 0 saturated heterocycles. The molecular weight excluding hydrogens is 471 g/mol. The molecular formula is C29H27FN4O3. The van der Waals surface area contributed by atoms with Crippen LogP contribution < -0.4 is 10.1 Å². The number of nitrogens with zero attached hydrogens (tertiary/aromatic N) is 3. The normalized spacial score (nSPS) is 15.6. The molecule has 0 aliphatic carbocycles. The number of aromatic nitrogens is 2. The van der Waals surface area contributed by atoms with Crippen LogP contribution in [0.5, 0.6) is 5.75 Å². The Kier molecular flexibility index (Phi) is 6.72. The highest BCUT2D eigenvalue weighted by atomic mass is 19.1. The van der Waals surface area contributed by atoms with Crippen LogP contribution in [0.3, 0.4) is 0 Å². The van der Waals surface area contributed by atoms with Gasteiger partial charge in [-0.2, -0.15) is 4.98 Å². The summed E-state index contributed by atoms with van der Waals surface area (Å²) in [5.74, 6) is 1.03. The van der Waals surface area contributed by atoms with Gasteiger partial charge in [-0.15, -0.1) is 0 Å². The van der Waals surface area contributed by atoms with Crippen LogP contribution in [0.4, 0.5) is 9.18 Å². The lowest BCUT2D eigenvalue weighted by molar-refractivity contribution is 0.202. The molecule has 1 aromatic heterocycles. The quantitative estimate of drug-likeness (QED) is 0.324. The third kappa shape index (κ3) is 5.09. The Morgan fingerprint density at radius 2 is 1.84 bits per heavy atom. The van der Waals surface area contributed by atoms with Crippen LogP contribution in [0.25, 0.3) is 17.0 Å². The third-order valence-electron chi connectivity index (χ3n) is 6.29. The topological polar surface area (TPSA) is 80.5 Å². The highest BCUT2D eigenvalue weighted by molar-refractivity contribution is 5.86. The van der Waals surface area contributed by atoms with Gasteiger partial charge in [-0.1, -0.05) is 59.3 Å². The second kappa shape index (κ2) is 10.3. The third-order valence-corrected chi connectivity index (χ3v) is 6.29. The Hall–Kier alpha value is -4.46. The summed E-state index contributed by atoms with van der Waals surface area (Å²) >= 11 is 0. The highest BCUT2D eigenvalue weighted by Gasteiger charge is 2.36. The summed E-state index contributed by atoms with van der Waals surface area (Å²) in [7, 11) is 0. The molecule has 4 aromatic rings. The molecule has 0 spiro atoms. The molecule has 8 heteroatoms. The Balaban J connectivity index is 1.57. The molecule has 1 aliphatic heterocycles. The molecule has 1 unspecified atom stereocenters. The van der Waals surface area contributed by atoms with Crippen LogP contribution in [0.1, 0.15) is 42.5 Å². The average molecular weight is 499 g/mol. The van der Waals surface area contributed by atoms with Gasteiger partial charge in [0.05, 0.1) is 24.8 Å². The van der Waals surface area contributed by atoms with Gasteiger partial charge in [0, 0.05) is 11.3 Å². The number of halogens is 1. The summed E-state index contributed by atoms with van der Waals surface area (Å²) in [6, 6.07) is 20.6. The fourth-order valence-corrected chi connectivity index (χ4v) is 4.42. The number of allylic oxidation sites excluding steroid dienone is 1. The summed E-state index contributed by atoms with van der Waals surface area (Å²) in [6.45, 7) is 6.62. The second-order valence-corrected chi connectivity index (χ2v) is 8.89. The van der Waals surface area contributed by atoms with Crippen molar-refractivity contribution < 1.29 is 18.4 Å². The van der Waals surface area contributed by atoms with E-state index in [2.05, 4.69) is 15.5 Å². The average Bonchev–Trinajstić information content (AvgIpc) is 3.37. The van der Waals surface area contributed by atoms with Crippen LogP contribution in [-0.4, -0.2) is 27.7 Å². The van der Waals surface area contributed by atoms with Gasteiger partial charge < -0.3 is 14.6 Å². The Morgan fingerprint density at radius 3 is 2.59 bits per heavy atom. The van der Waals surface area contributed by atoms with E-state index in [0.29, 0.717) is 35.8 Å². The molecule has 0 bridgehead atoms. The number of aryl methyl sites for hydroxylation is 1. The lowest BCUT2D eigenvalue weighted by atomic mass is 9.94. The number of amides is 2. The Labute approximate surface area is 214 Å². The van der Waals surface area contributed by atoms with E-state index in [0.717, 1.165) is 22.4 Å². The van der Waals surface area contributed by atoms with E-state index in [4.69, 9.17) is 9.26 Å². The van der Waals surface area contributed by atoms with E-state index in [1.807, 2.05) is 69.3 Å². The van der Waals surface area contributed by atoms with E-state index in [9.17, 15) is 9.18 Å². The molecule has 2 amide bonds. The Bertz CT molecular complexity index is 1460. The van der Waals surface area contributed by atoms with Gasteiger partial charge in [0.1, 0.15) is 11.6 Å². The SMILES string of the molecule is CCOc1cccc(CN2C(=O)NC(c3cccc(F)c3)C(c3nc(-c4ccc(C)cc4)no3)=C2C)c1. The number of rotatable bonds is 7. The molecule has 2 heterocycles. The predicted molar refractivity (Wildman–Crippen MR) is 138 cm³/mol. The van der Waals surface area contributed by atoms with Crippen molar-refractivity contribution in [3.8, 4) is 17.1 Å². The van der Waals surface area contributed by atoms with Crippen LogP contribution >= 0.6 is 0 Å². The predicted octanol–water partition coefficient (Wildman–Crippen LogP) is 6.28. The number of carbonyl (C=O) groups is 1. The number of ether oxygens (including phenoxy) is 1. The summed E-state index contributed by atoms with van der Waals surface area (Å²) < 4.78 is 25.5. The van der Waals surface area contributed by atoms with Crippen molar-refractivity contribution in [2.75, 3.05) is 6.61 Å². The molecule has 1 atom stereocenters. The maximum atomic E-state index is 14.2. The van der Waals surface area contributed by atoms with Crippen molar-refractivity contribution >= 4 is 11.6 Å². The van der Waals surface area contributed by atoms with Gasteiger partial charge >= 0.3 is 6.03 Å². The van der Waals surface area contributed by atoms with Gasteiger partial charge in [0.25, 0.3) is 5.89 Å². The first kappa shape index (κ1) is 24.2. The maximum absolute atomic E-state index is 14.2. The van der Waals surface area contributed by atoms with E-state index in [1.165, 1.54) is 12.1 Å². The first-order valence-corrected chi connectivity index (χ1v) is 12.1. The minimum absolute atomic E-state index is 0.260. The standard InChI is InChI=1S/C29H27FN4O3/c1-4-36-24-10-5-7-20(15-24)17-34-19(3)25(26(31-29(34)35)22-8-6-9-23(30)16-22)28-32-27(33-37-28)21-13-11-18(2)12-14-21/h5-16,26H,4,17H2,1-3H3,(H,31,35). The number of carbonyl (C=O) groups excluding carboxylic acids is 1. The van der Waals surface area contributed by atoms with Crippen LogP contribution in [0.15, 0.2) is 83.0 Å². The van der Waals surface area contributed by atoms with Gasteiger partial charge in [-0.3, -0.25) is 4.90 Å². The van der Waals surface area contributed by atoms with Crippen molar-refractivity contribution in [3.05, 3.63) is 107 Å². The molecule has 188 valence electrons. The number of hydrogen-bond donors (Lipinski definition) is 1. The zero-order valence-electron chi connectivity index (χ0n) is 20.9. The monoisotopic (exact) mass is 498 g/mol. The zero-order chi connectivity index (χ0) is 25.9. The zero-order valence-corrected chi connectivity index (χ0v) is 20.9. The van der Waals surface area contributed by atoms with E-state index >= 15 is 0 Å². The minimum atomic E-state index is -0.666. The number of benzene rings is 3. The molecule has 0 radical (unpaired) electrons. The van der Waals surface area contributed by atoms with E-state index in [1.54, 1.807) is 17.0 Å². The van der Waals surface area contributed by atoms with Crippen LogP contribution in [0.2, 0.25) is 0 Å². The van der Waals surface area contributed by atoms with E-state index in [-0.39, 0.29) is 11.9 Å². The fourth-order valence-electron chi connectivity index (χ4n) is 4.42. The van der Waals surface area contributed by atoms with Gasteiger partial charge in [0.15, 0.2) is 0 Å². The molecule has 1 aliphatic rings. The largest absolute Gasteiger partial charge is 0.494 e. The van der Waals surface area contributed by atoms with Gasteiger partial charge in [-0.25, -0.2) is 9.18 Å². The van der Waals surface area contributed by atoms with Crippen molar-refractivity contribution in [3.63, 3.8) is 0 Å². The Morgan fingerprint density at radius 1 is 1.05 bits per heavy atom. The van der Waals surface area contributed by atoms with Gasteiger partial charge in [0.2, 0.25) is 5.82 Å². The van der Waals surface area contributed by atoms with Crippen molar-refractivity contribution in [1.82, 2.24) is 20.4 Å². The lowest BCUT2D eigenvalue weighted by Crippen LogP contribution is -2.45. The minimum Gasteiger partial charge on any atom is -0.494 e. The van der Waals surface area contributed by atoms with E-state index < -0.39 is 11.9 Å². The molecule has 5 rings (SSSR count). The summed E-state index contributed by atoms with van der Waals surface area (Å²) in [5.41, 5.74) is 4.66. The summed E-state index contributed by atoms with van der Waals surface area (Å²) in [6.07, 6.45) is 0. The molecule has 7 nitrogen and oxygen atoms in total. The molecule has 0 fully saturated rings.